The average Bonchev–Trinajstić information content (AvgIpc) is 2.88. The van der Waals surface area contributed by atoms with Gasteiger partial charge in [0.15, 0.2) is 27.9 Å². The van der Waals surface area contributed by atoms with Gasteiger partial charge < -0.3 is 14.0 Å². The van der Waals surface area contributed by atoms with Gasteiger partial charge in [-0.05, 0) is 92.3 Å². The van der Waals surface area contributed by atoms with Crippen LogP contribution in [0.1, 0.15) is 44.4 Å². The van der Waals surface area contributed by atoms with Crippen molar-refractivity contribution < 1.29 is 22.1 Å². The van der Waals surface area contributed by atoms with Gasteiger partial charge in [0.25, 0.3) is 0 Å². The van der Waals surface area contributed by atoms with Crippen LogP contribution in [-0.2, 0) is 28.6 Å². The van der Waals surface area contributed by atoms with E-state index in [-0.39, 0.29) is 9.79 Å². The third-order valence-electron chi connectivity index (χ3n) is 6.97. The van der Waals surface area contributed by atoms with E-state index in [0.29, 0.717) is 5.56 Å². The van der Waals surface area contributed by atoms with Crippen molar-refractivity contribution in [2.24, 2.45) is 0 Å². The third-order valence-corrected chi connectivity index (χ3v) is 8.34. The number of anilines is 1. The third kappa shape index (κ3) is 4.95. The Bertz CT molecular complexity index is 1360. The predicted octanol–water partition coefficient (Wildman–Crippen LogP) is 5.04. The lowest BCUT2D eigenvalue weighted by Gasteiger charge is -2.29. The minimum absolute atomic E-state index is 0.0989. The highest BCUT2D eigenvalue weighted by atomic mass is 32.2. The summed E-state index contributed by atoms with van der Waals surface area (Å²) in [7, 11) is 0. The first-order chi connectivity index (χ1) is 17.3. The Morgan fingerprint density at radius 3 is 2.19 bits per heavy atom. The minimum Gasteiger partial charge on any atom is -0.372 e. The first-order valence-corrected chi connectivity index (χ1v) is 14.5. The Morgan fingerprint density at radius 2 is 1.58 bits per heavy atom. The average molecular weight is 526 g/mol. The van der Waals surface area contributed by atoms with Crippen LogP contribution in [0.25, 0.3) is 5.57 Å². The topological polar surface area (TPSA) is 80.8 Å². The standard InChI is InChI=1S/C28H32N2O4S2/c1-5-29(6-2)21-9-12-24-19(16-21)15-20-17-22(30(7-3)8-4)10-13-25(20)28(24)26-14-11-23(35(31)32)18-27(26)36(33)34/h9-14,16-18H,5-8,15H2,1-4H3,(H-,31,32,33,34)/p+1. The molecule has 2 aliphatic carbocycles. The lowest BCUT2D eigenvalue weighted by molar-refractivity contribution is -0.519. The first-order valence-electron chi connectivity index (χ1n) is 12.3. The van der Waals surface area contributed by atoms with E-state index in [0.717, 1.165) is 71.8 Å². The van der Waals surface area contributed by atoms with Crippen LogP contribution in [0.4, 0.5) is 5.69 Å². The molecule has 0 spiro atoms. The lowest BCUT2D eigenvalue weighted by Crippen LogP contribution is -2.23. The number of hydrogen-bond acceptors (Lipinski definition) is 3. The zero-order chi connectivity index (χ0) is 26.0. The number of hydrogen-bond donors (Lipinski definition) is 2. The molecule has 190 valence electrons. The summed E-state index contributed by atoms with van der Waals surface area (Å²) in [4.78, 5) is 2.53. The molecule has 6 nitrogen and oxygen atoms in total. The summed E-state index contributed by atoms with van der Waals surface area (Å²) in [5.74, 6) is 0. The Labute approximate surface area is 218 Å². The molecule has 0 saturated carbocycles. The summed E-state index contributed by atoms with van der Waals surface area (Å²) in [6.07, 6.45) is 7.19. The van der Waals surface area contributed by atoms with Crippen LogP contribution < -0.4 is 4.90 Å². The van der Waals surface area contributed by atoms with Crippen LogP contribution in [0.15, 0.2) is 75.6 Å². The molecule has 2 aromatic carbocycles. The first kappa shape index (κ1) is 26.4. The van der Waals surface area contributed by atoms with Crippen LogP contribution in [-0.4, -0.2) is 54.0 Å². The van der Waals surface area contributed by atoms with Crippen molar-refractivity contribution >= 4 is 39.1 Å². The number of nitrogens with zero attached hydrogens (tertiary/aromatic N) is 2. The van der Waals surface area contributed by atoms with Gasteiger partial charge in [0.05, 0.1) is 9.79 Å². The van der Waals surface area contributed by atoms with Crippen LogP contribution in [0.3, 0.4) is 0 Å². The molecule has 0 bridgehead atoms. The van der Waals surface area contributed by atoms with Gasteiger partial charge in [-0.15, -0.1) is 0 Å². The lowest BCUT2D eigenvalue weighted by atomic mass is 9.77. The SMILES string of the molecule is CCN(CC)c1ccc2c(c1)CC1=CC(=[N+](CC)CC)C=CC1=C2c1ccc(S(=O)O)cc1S(=O)O. The fourth-order valence-corrected chi connectivity index (χ4v) is 6.18. The van der Waals surface area contributed by atoms with Gasteiger partial charge in [0.2, 0.25) is 0 Å². The number of benzene rings is 2. The van der Waals surface area contributed by atoms with E-state index in [1.807, 2.05) is 0 Å². The van der Waals surface area contributed by atoms with E-state index in [1.165, 1.54) is 6.07 Å². The van der Waals surface area contributed by atoms with E-state index in [9.17, 15) is 17.5 Å². The second-order valence-electron chi connectivity index (χ2n) is 8.74. The molecular weight excluding hydrogens is 492 g/mol. The van der Waals surface area contributed by atoms with Crippen molar-refractivity contribution in [1.82, 2.24) is 0 Å². The van der Waals surface area contributed by atoms with Gasteiger partial charge in [-0.25, -0.2) is 13.0 Å². The second-order valence-corrected chi connectivity index (χ2v) is 10.6. The van der Waals surface area contributed by atoms with Crippen molar-refractivity contribution in [1.29, 1.82) is 0 Å². The predicted molar refractivity (Wildman–Crippen MR) is 148 cm³/mol. The molecule has 2 unspecified atom stereocenters. The van der Waals surface area contributed by atoms with E-state index in [2.05, 4.69) is 73.6 Å². The van der Waals surface area contributed by atoms with E-state index in [4.69, 9.17) is 0 Å². The van der Waals surface area contributed by atoms with E-state index in [1.54, 1.807) is 12.1 Å². The van der Waals surface area contributed by atoms with Crippen LogP contribution in [0.5, 0.6) is 0 Å². The van der Waals surface area contributed by atoms with Crippen molar-refractivity contribution in [3.63, 3.8) is 0 Å². The molecule has 2 aromatic rings. The molecule has 0 radical (unpaired) electrons. The van der Waals surface area contributed by atoms with Gasteiger partial charge in [-0.2, -0.15) is 0 Å². The molecule has 4 rings (SSSR count). The Morgan fingerprint density at radius 1 is 0.889 bits per heavy atom. The summed E-state index contributed by atoms with van der Waals surface area (Å²) in [5.41, 5.74) is 8.11. The van der Waals surface area contributed by atoms with Gasteiger partial charge in [0.1, 0.15) is 13.1 Å². The largest absolute Gasteiger partial charge is 0.372 e. The molecule has 2 N–H and O–H groups in total. The van der Waals surface area contributed by atoms with Crippen LogP contribution in [0.2, 0.25) is 0 Å². The highest BCUT2D eigenvalue weighted by Crippen LogP contribution is 2.43. The zero-order valence-corrected chi connectivity index (χ0v) is 22.8. The van der Waals surface area contributed by atoms with Crippen LogP contribution >= 0.6 is 0 Å². The maximum absolute atomic E-state index is 12.4. The highest BCUT2D eigenvalue weighted by Gasteiger charge is 2.29. The van der Waals surface area contributed by atoms with E-state index < -0.39 is 22.2 Å². The normalized spacial score (nSPS) is 16.3. The zero-order valence-electron chi connectivity index (χ0n) is 21.2. The van der Waals surface area contributed by atoms with Crippen molar-refractivity contribution in [3.05, 3.63) is 82.5 Å². The fraction of sp³-hybridized carbons (Fsp3) is 0.321. The van der Waals surface area contributed by atoms with Gasteiger partial charge in [-0.3, -0.25) is 0 Å². The molecule has 0 heterocycles. The maximum Gasteiger partial charge on any atom is 0.200 e. The van der Waals surface area contributed by atoms with Crippen molar-refractivity contribution in [2.45, 2.75) is 43.9 Å². The number of rotatable bonds is 8. The summed E-state index contributed by atoms with van der Waals surface area (Å²) < 4.78 is 46.2. The molecule has 0 saturated heterocycles. The van der Waals surface area contributed by atoms with Gasteiger partial charge in [-0.1, -0.05) is 12.1 Å². The van der Waals surface area contributed by atoms with Crippen LogP contribution in [0, 0.1) is 0 Å². The highest BCUT2D eigenvalue weighted by molar-refractivity contribution is 7.80. The molecule has 0 aliphatic heterocycles. The molecule has 0 amide bonds. The fourth-order valence-electron chi connectivity index (χ4n) is 5.11. The van der Waals surface area contributed by atoms with Crippen molar-refractivity contribution in [3.8, 4) is 0 Å². The Hall–Kier alpha value is -2.65. The molecule has 2 atom stereocenters. The Kier molecular flexibility index (Phi) is 8.20. The summed E-state index contributed by atoms with van der Waals surface area (Å²) in [6.45, 7) is 12.2. The number of fused-ring (bicyclic) bond motifs is 2. The summed E-state index contributed by atoms with van der Waals surface area (Å²) in [6, 6.07) is 11.0. The van der Waals surface area contributed by atoms with E-state index >= 15 is 0 Å². The molecule has 2 aliphatic rings. The molecule has 8 heteroatoms. The molecule has 0 fully saturated rings. The smallest absolute Gasteiger partial charge is 0.200 e. The van der Waals surface area contributed by atoms with Gasteiger partial charge in [0, 0.05) is 36.5 Å². The van der Waals surface area contributed by atoms with Gasteiger partial charge >= 0.3 is 0 Å². The summed E-state index contributed by atoms with van der Waals surface area (Å²) in [5, 5.41) is 0. The van der Waals surface area contributed by atoms with Crippen molar-refractivity contribution in [2.75, 3.05) is 31.1 Å². The molecule has 0 aromatic heterocycles. The molecular formula is C28H33N2O4S2+. The quantitative estimate of drug-likeness (QED) is 0.373. The summed E-state index contributed by atoms with van der Waals surface area (Å²) >= 11 is -4.58. The maximum atomic E-state index is 12.4. The Balaban J connectivity index is 2.01. The number of allylic oxidation sites excluding steroid dienone is 5. The second kappa shape index (κ2) is 11.2. The molecule has 36 heavy (non-hydrogen) atoms. The monoisotopic (exact) mass is 525 g/mol. The minimum atomic E-state index is -2.33.